The lowest BCUT2D eigenvalue weighted by Gasteiger charge is -2.49. The third-order valence-electron chi connectivity index (χ3n) is 4.74. The minimum absolute atomic E-state index is 0.593. The van der Waals surface area contributed by atoms with Crippen molar-refractivity contribution >= 4 is 0 Å². The van der Waals surface area contributed by atoms with Crippen molar-refractivity contribution in [2.75, 3.05) is 0 Å². The zero-order chi connectivity index (χ0) is 7.47. The van der Waals surface area contributed by atoms with Gasteiger partial charge in [-0.1, -0.05) is 6.42 Å². The molecule has 0 saturated heterocycles. The van der Waals surface area contributed by atoms with E-state index in [0.29, 0.717) is 11.5 Å². The Labute approximate surface area is 68.3 Å². The fourth-order valence-electron chi connectivity index (χ4n) is 3.93. The molecule has 3 rings (SSSR count). The molecule has 1 spiro atoms. The second-order valence-electron chi connectivity index (χ2n) is 4.88. The van der Waals surface area contributed by atoms with Crippen LogP contribution in [0.5, 0.6) is 0 Å². The van der Waals surface area contributed by atoms with E-state index in [1.165, 1.54) is 38.5 Å². The molecule has 62 valence electrons. The molecule has 3 fully saturated rings. The molecule has 1 heteroatoms. The van der Waals surface area contributed by atoms with Crippen LogP contribution >= 0.6 is 0 Å². The van der Waals surface area contributed by atoms with Crippen LogP contribution in [0.1, 0.15) is 38.5 Å². The number of fused-ring (bicyclic) bond motifs is 3. The van der Waals surface area contributed by atoms with Crippen LogP contribution < -0.4 is 5.73 Å². The minimum atomic E-state index is 0.593. The first kappa shape index (κ1) is 6.47. The van der Waals surface area contributed by atoms with Crippen molar-refractivity contribution in [2.45, 2.75) is 44.6 Å². The summed E-state index contributed by atoms with van der Waals surface area (Å²) in [6.07, 6.45) is 8.77. The molecule has 0 radical (unpaired) electrons. The van der Waals surface area contributed by atoms with Crippen LogP contribution in [-0.2, 0) is 0 Å². The maximum Gasteiger partial charge on any atom is 0.0127 e. The first-order valence-corrected chi connectivity index (χ1v) is 5.08. The number of hydrogen-bond acceptors (Lipinski definition) is 1. The van der Waals surface area contributed by atoms with Gasteiger partial charge in [-0.25, -0.2) is 0 Å². The summed E-state index contributed by atoms with van der Waals surface area (Å²) in [6, 6.07) is 0.593. The molecule has 0 aromatic carbocycles. The number of hydrogen-bond donors (Lipinski definition) is 1. The van der Waals surface area contributed by atoms with Gasteiger partial charge >= 0.3 is 0 Å². The third kappa shape index (κ3) is 0.581. The lowest BCUT2D eigenvalue weighted by molar-refractivity contribution is 0.0340. The zero-order valence-corrected chi connectivity index (χ0v) is 7.05. The van der Waals surface area contributed by atoms with E-state index in [1.807, 2.05) is 0 Å². The molecule has 0 heterocycles. The molecular weight excluding hydrogens is 134 g/mol. The van der Waals surface area contributed by atoms with Crippen molar-refractivity contribution in [3.8, 4) is 0 Å². The Morgan fingerprint density at radius 3 is 2.36 bits per heavy atom. The Bertz CT molecular complexity index is 179. The summed E-state index contributed by atoms with van der Waals surface area (Å²) in [5, 5.41) is 0. The highest BCUT2D eigenvalue weighted by molar-refractivity contribution is 5.11. The first-order chi connectivity index (χ1) is 5.33. The van der Waals surface area contributed by atoms with Gasteiger partial charge in [-0.3, -0.25) is 0 Å². The van der Waals surface area contributed by atoms with E-state index < -0.39 is 0 Å². The van der Waals surface area contributed by atoms with Crippen LogP contribution in [0.25, 0.3) is 0 Å². The largest absolute Gasteiger partial charge is 0.327 e. The smallest absolute Gasteiger partial charge is 0.0127 e. The molecule has 0 aliphatic heterocycles. The normalized spacial score (nSPS) is 51.5. The SMILES string of the molecule is N[C@@H]1[C@@H]2CC[C@@H](C2)C12CCC2. The lowest BCUT2D eigenvalue weighted by Crippen LogP contribution is -2.50. The van der Waals surface area contributed by atoms with Gasteiger partial charge in [0, 0.05) is 6.04 Å². The highest BCUT2D eigenvalue weighted by atomic mass is 14.8. The molecule has 0 amide bonds. The van der Waals surface area contributed by atoms with E-state index >= 15 is 0 Å². The van der Waals surface area contributed by atoms with Crippen molar-refractivity contribution in [2.24, 2.45) is 23.0 Å². The lowest BCUT2D eigenvalue weighted by atomic mass is 9.58. The topological polar surface area (TPSA) is 26.0 Å². The van der Waals surface area contributed by atoms with Gasteiger partial charge in [0.2, 0.25) is 0 Å². The summed E-state index contributed by atoms with van der Waals surface area (Å²) in [5.74, 6) is 1.96. The summed E-state index contributed by atoms with van der Waals surface area (Å²) in [6.45, 7) is 0. The van der Waals surface area contributed by atoms with Crippen molar-refractivity contribution < 1.29 is 0 Å². The van der Waals surface area contributed by atoms with Gasteiger partial charge in [-0.05, 0) is 49.4 Å². The Morgan fingerprint density at radius 2 is 2.00 bits per heavy atom. The average Bonchev–Trinajstić information content (AvgIpc) is 2.41. The highest BCUT2D eigenvalue weighted by Gasteiger charge is 2.58. The predicted molar refractivity (Wildman–Crippen MR) is 45.1 cm³/mol. The second kappa shape index (κ2) is 1.82. The molecular formula is C10H17N. The van der Waals surface area contributed by atoms with Crippen LogP contribution in [0.15, 0.2) is 0 Å². The molecule has 0 aromatic heterocycles. The van der Waals surface area contributed by atoms with Crippen LogP contribution in [0.2, 0.25) is 0 Å². The van der Waals surface area contributed by atoms with Gasteiger partial charge in [0.05, 0.1) is 0 Å². The van der Waals surface area contributed by atoms with Gasteiger partial charge in [0.15, 0.2) is 0 Å². The van der Waals surface area contributed by atoms with Gasteiger partial charge in [-0.15, -0.1) is 0 Å². The molecule has 1 nitrogen and oxygen atoms in total. The number of rotatable bonds is 0. The van der Waals surface area contributed by atoms with E-state index in [-0.39, 0.29) is 0 Å². The predicted octanol–water partition coefficient (Wildman–Crippen LogP) is 1.91. The second-order valence-corrected chi connectivity index (χ2v) is 4.88. The van der Waals surface area contributed by atoms with Crippen LogP contribution in [-0.4, -0.2) is 6.04 Å². The van der Waals surface area contributed by atoms with Crippen LogP contribution in [0, 0.1) is 17.3 Å². The average molecular weight is 151 g/mol. The van der Waals surface area contributed by atoms with Crippen LogP contribution in [0.3, 0.4) is 0 Å². The number of nitrogens with two attached hydrogens (primary N) is 1. The third-order valence-corrected chi connectivity index (χ3v) is 4.74. The summed E-state index contributed by atoms with van der Waals surface area (Å²) in [7, 11) is 0. The van der Waals surface area contributed by atoms with Gasteiger partial charge in [-0.2, -0.15) is 0 Å². The van der Waals surface area contributed by atoms with Crippen molar-refractivity contribution in [3.63, 3.8) is 0 Å². The quantitative estimate of drug-likeness (QED) is 0.562. The fraction of sp³-hybridized carbons (Fsp3) is 1.00. The van der Waals surface area contributed by atoms with Gasteiger partial charge in [0.1, 0.15) is 0 Å². The summed E-state index contributed by atoms with van der Waals surface area (Å²) < 4.78 is 0. The van der Waals surface area contributed by atoms with Crippen LogP contribution in [0.4, 0.5) is 0 Å². The van der Waals surface area contributed by atoms with Gasteiger partial charge < -0.3 is 5.73 Å². The highest BCUT2D eigenvalue weighted by Crippen LogP contribution is 2.63. The van der Waals surface area contributed by atoms with E-state index in [0.717, 1.165) is 11.8 Å². The minimum Gasteiger partial charge on any atom is -0.327 e. The molecule has 2 bridgehead atoms. The Hall–Kier alpha value is -0.0400. The Balaban J connectivity index is 1.94. The standard InChI is InChI=1S/C10H17N/c11-9-7-2-3-8(6-7)10(9)4-1-5-10/h7-9H,1-6,11H2/t7-,8+,9-/m1/s1. The molecule has 3 atom stereocenters. The first-order valence-electron chi connectivity index (χ1n) is 5.08. The van der Waals surface area contributed by atoms with E-state index in [1.54, 1.807) is 0 Å². The molecule has 3 aliphatic carbocycles. The maximum atomic E-state index is 6.26. The molecule has 0 aromatic rings. The Kier molecular flexibility index (Phi) is 1.07. The fourth-order valence-corrected chi connectivity index (χ4v) is 3.93. The molecule has 3 saturated carbocycles. The molecule has 0 unspecified atom stereocenters. The van der Waals surface area contributed by atoms with Crippen molar-refractivity contribution in [1.29, 1.82) is 0 Å². The van der Waals surface area contributed by atoms with E-state index in [4.69, 9.17) is 5.73 Å². The van der Waals surface area contributed by atoms with Gasteiger partial charge in [0.25, 0.3) is 0 Å². The molecule has 3 aliphatic rings. The van der Waals surface area contributed by atoms with E-state index in [9.17, 15) is 0 Å². The monoisotopic (exact) mass is 151 g/mol. The van der Waals surface area contributed by atoms with E-state index in [2.05, 4.69) is 0 Å². The maximum absolute atomic E-state index is 6.26. The summed E-state index contributed by atoms with van der Waals surface area (Å²) in [5.41, 5.74) is 6.93. The summed E-state index contributed by atoms with van der Waals surface area (Å²) in [4.78, 5) is 0. The zero-order valence-electron chi connectivity index (χ0n) is 7.05. The van der Waals surface area contributed by atoms with Crippen molar-refractivity contribution in [1.82, 2.24) is 0 Å². The Morgan fingerprint density at radius 1 is 1.18 bits per heavy atom. The summed E-state index contributed by atoms with van der Waals surface area (Å²) >= 11 is 0. The molecule has 11 heavy (non-hydrogen) atoms. The van der Waals surface area contributed by atoms with Crippen molar-refractivity contribution in [3.05, 3.63) is 0 Å². The molecule has 2 N–H and O–H groups in total.